The summed E-state index contributed by atoms with van der Waals surface area (Å²) in [4.78, 5) is 0. The fraction of sp³-hybridized carbons (Fsp3) is 0.600. The van der Waals surface area contributed by atoms with Gasteiger partial charge in [-0.15, -0.1) is 0 Å². The van der Waals surface area contributed by atoms with E-state index in [-0.39, 0.29) is 6.10 Å². The Morgan fingerprint density at radius 3 is 3.00 bits per heavy atom. The molecule has 2 unspecified atom stereocenters. The van der Waals surface area contributed by atoms with Gasteiger partial charge in [-0.3, -0.25) is 0 Å². The number of methoxy groups -OCH3 is 1. The lowest BCUT2D eigenvalue weighted by Crippen LogP contribution is -2.36. The van der Waals surface area contributed by atoms with E-state index in [9.17, 15) is 5.11 Å². The summed E-state index contributed by atoms with van der Waals surface area (Å²) in [5.74, 6) is 1.33. The highest BCUT2D eigenvalue weighted by Crippen LogP contribution is 2.22. The standard InChI is InChI=1S/C15H23NO2/c1-18-15-7-3-2-5-12(15)8-9-14(17)13-6-4-10-16-11-13/h2-3,5,7,13-14,16-17H,4,6,8-11H2,1H3. The molecule has 1 heterocycles. The number of hydrogen-bond acceptors (Lipinski definition) is 3. The van der Waals surface area contributed by atoms with E-state index in [4.69, 9.17) is 4.74 Å². The Morgan fingerprint density at radius 2 is 2.28 bits per heavy atom. The molecule has 1 saturated heterocycles. The van der Waals surface area contributed by atoms with Crippen molar-refractivity contribution in [1.82, 2.24) is 5.32 Å². The molecule has 0 saturated carbocycles. The van der Waals surface area contributed by atoms with Gasteiger partial charge in [-0.05, 0) is 49.8 Å². The molecule has 2 atom stereocenters. The van der Waals surface area contributed by atoms with Crippen LogP contribution >= 0.6 is 0 Å². The maximum atomic E-state index is 10.2. The molecule has 1 aromatic carbocycles. The number of rotatable bonds is 5. The zero-order valence-corrected chi connectivity index (χ0v) is 11.1. The van der Waals surface area contributed by atoms with Crippen LogP contribution < -0.4 is 10.1 Å². The average molecular weight is 249 g/mol. The summed E-state index contributed by atoms with van der Waals surface area (Å²) in [6, 6.07) is 8.05. The molecule has 18 heavy (non-hydrogen) atoms. The normalized spacial score (nSPS) is 21.6. The van der Waals surface area contributed by atoms with E-state index in [2.05, 4.69) is 11.4 Å². The SMILES string of the molecule is COc1ccccc1CCC(O)C1CCCNC1. The van der Waals surface area contributed by atoms with Crippen molar-refractivity contribution in [3.8, 4) is 5.75 Å². The molecule has 0 aromatic heterocycles. The van der Waals surface area contributed by atoms with Crippen LogP contribution in [0.3, 0.4) is 0 Å². The topological polar surface area (TPSA) is 41.5 Å². The van der Waals surface area contributed by atoms with Crippen molar-refractivity contribution >= 4 is 0 Å². The number of aryl methyl sites for hydroxylation is 1. The van der Waals surface area contributed by atoms with Gasteiger partial charge in [-0.2, -0.15) is 0 Å². The number of ether oxygens (including phenoxy) is 1. The number of aliphatic hydroxyl groups is 1. The van der Waals surface area contributed by atoms with Crippen LogP contribution in [0, 0.1) is 5.92 Å². The molecular weight excluding hydrogens is 226 g/mol. The van der Waals surface area contributed by atoms with Gasteiger partial charge in [0.05, 0.1) is 13.2 Å². The van der Waals surface area contributed by atoms with E-state index < -0.39 is 0 Å². The molecule has 2 rings (SSSR count). The van der Waals surface area contributed by atoms with Crippen molar-refractivity contribution in [1.29, 1.82) is 0 Å². The van der Waals surface area contributed by atoms with Crippen LogP contribution in [0.15, 0.2) is 24.3 Å². The molecular formula is C15H23NO2. The molecule has 1 aliphatic heterocycles. The largest absolute Gasteiger partial charge is 0.496 e. The van der Waals surface area contributed by atoms with Crippen molar-refractivity contribution in [2.45, 2.75) is 31.8 Å². The van der Waals surface area contributed by atoms with Crippen LogP contribution in [0.5, 0.6) is 5.75 Å². The van der Waals surface area contributed by atoms with Gasteiger partial charge in [0, 0.05) is 6.54 Å². The zero-order valence-electron chi connectivity index (χ0n) is 11.1. The number of piperidine rings is 1. The first-order chi connectivity index (χ1) is 8.81. The second-order valence-corrected chi connectivity index (χ2v) is 5.02. The summed E-state index contributed by atoms with van der Waals surface area (Å²) < 4.78 is 5.33. The highest BCUT2D eigenvalue weighted by atomic mass is 16.5. The van der Waals surface area contributed by atoms with E-state index in [1.807, 2.05) is 18.2 Å². The molecule has 3 nitrogen and oxygen atoms in total. The van der Waals surface area contributed by atoms with Crippen LogP contribution in [0.25, 0.3) is 0 Å². The molecule has 1 fully saturated rings. The summed E-state index contributed by atoms with van der Waals surface area (Å²) in [7, 11) is 1.69. The fourth-order valence-electron chi connectivity index (χ4n) is 2.66. The van der Waals surface area contributed by atoms with Crippen LogP contribution in [-0.4, -0.2) is 31.4 Å². The first kappa shape index (κ1) is 13.4. The maximum absolute atomic E-state index is 10.2. The van der Waals surface area contributed by atoms with Crippen molar-refractivity contribution in [2.75, 3.05) is 20.2 Å². The minimum Gasteiger partial charge on any atom is -0.496 e. The van der Waals surface area contributed by atoms with E-state index in [0.717, 1.165) is 38.1 Å². The van der Waals surface area contributed by atoms with Crippen molar-refractivity contribution < 1.29 is 9.84 Å². The average Bonchev–Trinajstić information content (AvgIpc) is 2.46. The Balaban J connectivity index is 1.86. The number of para-hydroxylation sites is 1. The molecule has 1 aliphatic rings. The lowest BCUT2D eigenvalue weighted by atomic mass is 9.90. The van der Waals surface area contributed by atoms with Crippen LogP contribution in [0.1, 0.15) is 24.8 Å². The minimum atomic E-state index is -0.206. The lowest BCUT2D eigenvalue weighted by Gasteiger charge is -2.27. The van der Waals surface area contributed by atoms with Gasteiger partial charge in [-0.25, -0.2) is 0 Å². The summed E-state index contributed by atoms with van der Waals surface area (Å²) in [6.07, 6.45) is 3.80. The molecule has 0 aliphatic carbocycles. The summed E-state index contributed by atoms with van der Waals surface area (Å²) >= 11 is 0. The van der Waals surface area contributed by atoms with Gasteiger partial charge in [0.1, 0.15) is 5.75 Å². The molecule has 0 bridgehead atoms. The van der Waals surface area contributed by atoms with E-state index in [1.54, 1.807) is 7.11 Å². The quantitative estimate of drug-likeness (QED) is 0.838. The van der Waals surface area contributed by atoms with Crippen molar-refractivity contribution in [3.63, 3.8) is 0 Å². The molecule has 2 N–H and O–H groups in total. The molecule has 1 aromatic rings. The maximum Gasteiger partial charge on any atom is 0.122 e. The highest BCUT2D eigenvalue weighted by Gasteiger charge is 2.21. The van der Waals surface area contributed by atoms with Gasteiger partial charge in [0.25, 0.3) is 0 Å². The molecule has 0 radical (unpaired) electrons. The van der Waals surface area contributed by atoms with Crippen molar-refractivity contribution in [3.05, 3.63) is 29.8 Å². The molecule has 0 amide bonds. The van der Waals surface area contributed by atoms with E-state index >= 15 is 0 Å². The van der Waals surface area contributed by atoms with Gasteiger partial charge in [0.2, 0.25) is 0 Å². The highest BCUT2D eigenvalue weighted by molar-refractivity contribution is 5.33. The molecule has 0 spiro atoms. The third-order valence-corrected chi connectivity index (χ3v) is 3.78. The Hall–Kier alpha value is -1.06. The third kappa shape index (κ3) is 3.47. The molecule has 100 valence electrons. The third-order valence-electron chi connectivity index (χ3n) is 3.78. The van der Waals surface area contributed by atoms with Crippen LogP contribution in [0.4, 0.5) is 0 Å². The summed E-state index contributed by atoms with van der Waals surface area (Å²) in [5, 5.41) is 13.6. The smallest absolute Gasteiger partial charge is 0.122 e. The minimum absolute atomic E-state index is 0.206. The fourth-order valence-corrected chi connectivity index (χ4v) is 2.66. The van der Waals surface area contributed by atoms with Crippen LogP contribution in [0.2, 0.25) is 0 Å². The van der Waals surface area contributed by atoms with Crippen LogP contribution in [-0.2, 0) is 6.42 Å². The second-order valence-electron chi connectivity index (χ2n) is 5.02. The summed E-state index contributed by atoms with van der Waals surface area (Å²) in [6.45, 7) is 2.04. The van der Waals surface area contributed by atoms with Gasteiger partial charge in [0.15, 0.2) is 0 Å². The zero-order chi connectivity index (χ0) is 12.8. The Morgan fingerprint density at radius 1 is 1.44 bits per heavy atom. The number of nitrogens with one attached hydrogen (secondary N) is 1. The van der Waals surface area contributed by atoms with E-state index in [1.165, 1.54) is 12.0 Å². The van der Waals surface area contributed by atoms with Gasteiger partial charge >= 0.3 is 0 Å². The van der Waals surface area contributed by atoms with Gasteiger partial charge < -0.3 is 15.2 Å². The van der Waals surface area contributed by atoms with E-state index in [0.29, 0.717) is 5.92 Å². The lowest BCUT2D eigenvalue weighted by molar-refractivity contribution is 0.0843. The molecule has 3 heteroatoms. The predicted molar refractivity (Wildman–Crippen MR) is 72.9 cm³/mol. The van der Waals surface area contributed by atoms with Gasteiger partial charge in [-0.1, -0.05) is 18.2 Å². The number of hydrogen-bond donors (Lipinski definition) is 2. The monoisotopic (exact) mass is 249 g/mol. The Bertz CT molecular complexity index is 361. The summed E-state index contributed by atoms with van der Waals surface area (Å²) in [5.41, 5.74) is 1.18. The Kier molecular flexibility index (Phi) is 5.02. The first-order valence-electron chi connectivity index (χ1n) is 6.82. The Labute approximate surface area is 109 Å². The van der Waals surface area contributed by atoms with Crippen molar-refractivity contribution in [2.24, 2.45) is 5.92 Å². The number of benzene rings is 1. The first-order valence-corrected chi connectivity index (χ1v) is 6.82. The second kappa shape index (κ2) is 6.76. The number of aliphatic hydroxyl groups excluding tert-OH is 1. The predicted octanol–water partition coefficient (Wildman–Crippen LogP) is 1.99.